The summed E-state index contributed by atoms with van der Waals surface area (Å²) in [5.41, 5.74) is 1.11. The first kappa shape index (κ1) is 17.5. The quantitative estimate of drug-likeness (QED) is 0.738. The van der Waals surface area contributed by atoms with Gasteiger partial charge in [-0.1, -0.05) is 0 Å². The van der Waals surface area contributed by atoms with E-state index in [2.05, 4.69) is 15.3 Å². The fourth-order valence-corrected chi connectivity index (χ4v) is 3.67. The Balaban J connectivity index is 1.39. The smallest absolute Gasteiger partial charge is 0.275 e. The van der Waals surface area contributed by atoms with E-state index in [1.165, 1.54) is 6.26 Å². The molecule has 9 heteroatoms. The van der Waals surface area contributed by atoms with Gasteiger partial charge in [0, 0.05) is 32.1 Å². The molecule has 0 aliphatic carbocycles. The Morgan fingerprint density at radius 2 is 2.26 bits per heavy atom. The monoisotopic (exact) mass is 386 g/mol. The number of benzene rings is 1. The van der Waals surface area contributed by atoms with Crippen molar-refractivity contribution in [3.63, 3.8) is 0 Å². The van der Waals surface area contributed by atoms with Gasteiger partial charge in [-0.2, -0.15) is 0 Å². The van der Waals surface area contributed by atoms with E-state index in [0.29, 0.717) is 31.3 Å². The minimum absolute atomic E-state index is 0.0492. The van der Waals surface area contributed by atoms with Crippen LogP contribution in [0.25, 0.3) is 10.2 Å². The average Bonchev–Trinajstić information content (AvgIpc) is 3.21. The minimum Gasteiger partial charge on any atom is -0.484 e. The van der Waals surface area contributed by atoms with E-state index in [1.807, 2.05) is 25.1 Å². The van der Waals surface area contributed by atoms with Gasteiger partial charge in [0.05, 0.1) is 15.2 Å². The second kappa shape index (κ2) is 7.36. The van der Waals surface area contributed by atoms with Crippen LogP contribution in [0.3, 0.4) is 0 Å². The number of rotatable bonds is 4. The lowest BCUT2D eigenvalue weighted by molar-refractivity contribution is -0.120. The number of aromatic nitrogens is 2. The van der Waals surface area contributed by atoms with E-state index in [1.54, 1.807) is 16.2 Å². The van der Waals surface area contributed by atoms with Crippen LogP contribution in [0.2, 0.25) is 0 Å². The number of nitrogens with zero attached hydrogens (tertiary/aromatic N) is 3. The Kier molecular flexibility index (Phi) is 4.76. The van der Waals surface area contributed by atoms with Crippen LogP contribution >= 0.6 is 11.3 Å². The van der Waals surface area contributed by atoms with Crippen molar-refractivity contribution in [2.75, 3.05) is 19.6 Å². The highest BCUT2D eigenvalue weighted by molar-refractivity contribution is 7.18. The first-order valence-electron chi connectivity index (χ1n) is 8.59. The van der Waals surface area contributed by atoms with Crippen molar-refractivity contribution in [2.45, 2.75) is 20.0 Å². The predicted octanol–water partition coefficient (Wildman–Crippen LogP) is 2.13. The lowest BCUT2D eigenvalue weighted by Gasteiger charge is -2.17. The highest BCUT2D eigenvalue weighted by Gasteiger charge is 2.22. The molecule has 1 fully saturated rings. The number of ether oxygens (including phenoxy) is 1. The summed E-state index contributed by atoms with van der Waals surface area (Å²) in [4.78, 5) is 34.2. The average molecular weight is 386 g/mol. The topological polar surface area (TPSA) is 97.6 Å². The molecule has 27 heavy (non-hydrogen) atoms. The molecule has 3 heterocycles. The highest BCUT2D eigenvalue weighted by atomic mass is 32.1. The van der Waals surface area contributed by atoms with Gasteiger partial charge in [0.1, 0.15) is 12.0 Å². The normalized spacial score (nSPS) is 14.9. The van der Waals surface area contributed by atoms with Gasteiger partial charge in [-0.3, -0.25) is 9.59 Å². The molecule has 0 bridgehead atoms. The maximum atomic E-state index is 12.5. The van der Waals surface area contributed by atoms with E-state index >= 15 is 0 Å². The van der Waals surface area contributed by atoms with Crippen LogP contribution in [0.5, 0.6) is 5.75 Å². The van der Waals surface area contributed by atoms with Gasteiger partial charge in [-0.15, -0.1) is 11.3 Å². The molecule has 0 atom stereocenters. The maximum absolute atomic E-state index is 12.5. The van der Waals surface area contributed by atoms with E-state index in [0.717, 1.165) is 15.2 Å². The third-order valence-electron chi connectivity index (χ3n) is 4.20. The fraction of sp³-hybridized carbons (Fsp3) is 0.333. The van der Waals surface area contributed by atoms with Gasteiger partial charge in [0.25, 0.3) is 5.91 Å². The SMILES string of the molecule is Cc1nc2cc(OCc3nc(C(=O)N4CCNC(=O)CC4)co3)ccc2s1. The zero-order valence-electron chi connectivity index (χ0n) is 14.7. The molecule has 8 nitrogen and oxygen atoms in total. The molecule has 3 aromatic rings. The molecule has 2 aromatic heterocycles. The number of hydrogen-bond acceptors (Lipinski definition) is 7. The van der Waals surface area contributed by atoms with Crippen LogP contribution in [0.15, 0.2) is 28.9 Å². The summed E-state index contributed by atoms with van der Waals surface area (Å²) in [6.07, 6.45) is 1.62. The summed E-state index contributed by atoms with van der Waals surface area (Å²) in [6, 6.07) is 5.71. The molecular weight excluding hydrogens is 368 g/mol. The number of aryl methyl sites for hydroxylation is 1. The summed E-state index contributed by atoms with van der Waals surface area (Å²) < 4.78 is 12.2. The summed E-state index contributed by atoms with van der Waals surface area (Å²) in [5, 5.41) is 3.74. The molecule has 1 aliphatic rings. The van der Waals surface area contributed by atoms with Crippen molar-refractivity contribution in [2.24, 2.45) is 0 Å². The molecule has 0 radical (unpaired) electrons. The fourth-order valence-electron chi connectivity index (χ4n) is 2.86. The molecule has 1 aliphatic heterocycles. The zero-order chi connectivity index (χ0) is 18.8. The third-order valence-corrected chi connectivity index (χ3v) is 5.15. The Labute approximate surface area is 159 Å². The molecule has 1 aromatic carbocycles. The van der Waals surface area contributed by atoms with Gasteiger partial charge >= 0.3 is 0 Å². The zero-order valence-corrected chi connectivity index (χ0v) is 15.5. The molecule has 0 unspecified atom stereocenters. The van der Waals surface area contributed by atoms with Crippen molar-refractivity contribution in [1.29, 1.82) is 0 Å². The number of oxazole rings is 1. The Morgan fingerprint density at radius 3 is 3.15 bits per heavy atom. The number of thiazole rings is 1. The molecule has 1 N–H and O–H groups in total. The Hall–Kier alpha value is -2.94. The number of fused-ring (bicyclic) bond motifs is 1. The van der Waals surface area contributed by atoms with Gasteiger partial charge in [-0.25, -0.2) is 9.97 Å². The van der Waals surface area contributed by atoms with Crippen LogP contribution in [0.4, 0.5) is 0 Å². The van der Waals surface area contributed by atoms with Gasteiger partial charge in [0.2, 0.25) is 11.8 Å². The van der Waals surface area contributed by atoms with Gasteiger partial charge < -0.3 is 19.4 Å². The van der Waals surface area contributed by atoms with Crippen molar-refractivity contribution in [3.8, 4) is 5.75 Å². The summed E-state index contributed by atoms with van der Waals surface area (Å²) >= 11 is 1.63. The van der Waals surface area contributed by atoms with E-state index in [9.17, 15) is 9.59 Å². The minimum atomic E-state index is -0.249. The molecular formula is C18H18N4O4S. The lowest BCUT2D eigenvalue weighted by Crippen LogP contribution is -2.34. The van der Waals surface area contributed by atoms with E-state index in [4.69, 9.17) is 9.15 Å². The standard InChI is InChI=1S/C18H18N4O4S/c1-11-20-13-8-12(2-3-15(13)27-11)25-10-17-21-14(9-26-17)18(24)22-6-4-16(23)19-5-7-22/h2-3,8-9H,4-7,10H2,1H3,(H,19,23). The van der Waals surface area contributed by atoms with Crippen molar-refractivity contribution >= 4 is 33.4 Å². The van der Waals surface area contributed by atoms with Crippen LogP contribution in [0, 0.1) is 6.92 Å². The summed E-state index contributed by atoms with van der Waals surface area (Å²) in [5.74, 6) is 0.681. The van der Waals surface area contributed by atoms with Crippen molar-refractivity contribution in [3.05, 3.63) is 41.1 Å². The van der Waals surface area contributed by atoms with Crippen LogP contribution in [0.1, 0.15) is 27.8 Å². The van der Waals surface area contributed by atoms with Gasteiger partial charge in [-0.05, 0) is 19.1 Å². The largest absolute Gasteiger partial charge is 0.484 e. The molecule has 1 saturated heterocycles. The summed E-state index contributed by atoms with van der Waals surface area (Å²) in [7, 11) is 0. The Morgan fingerprint density at radius 1 is 1.37 bits per heavy atom. The van der Waals surface area contributed by atoms with Crippen LogP contribution in [-0.2, 0) is 11.4 Å². The molecule has 0 saturated carbocycles. The van der Waals surface area contributed by atoms with Crippen LogP contribution in [-0.4, -0.2) is 46.3 Å². The number of hydrogen-bond donors (Lipinski definition) is 1. The number of carbonyl (C=O) groups is 2. The van der Waals surface area contributed by atoms with Crippen LogP contribution < -0.4 is 10.1 Å². The lowest BCUT2D eigenvalue weighted by atomic mass is 10.3. The summed E-state index contributed by atoms with van der Waals surface area (Å²) in [6.45, 7) is 3.35. The highest BCUT2D eigenvalue weighted by Crippen LogP contribution is 2.26. The van der Waals surface area contributed by atoms with Gasteiger partial charge in [0.15, 0.2) is 12.3 Å². The molecule has 2 amide bonds. The second-order valence-corrected chi connectivity index (χ2v) is 7.40. The van der Waals surface area contributed by atoms with E-state index in [-0.39, 0.29) is 30.5 Å². The third kappa shape index (κ3) is 3.92. The number of nitrogens with one attached hydrogen (secondary N) is 1. The van der Waals surface area contributed by atoms with Crippen molar-refractivity contribution < 1.29 is 18.7 Å². The first-order chi connectivity index (χ1) is 13.1. The number of carbonyl (C=O) groups excluding carboxylic acids is 2. The maximum Gasteiger partial charge on any atom is 0.275 e. The predicted molar refractivity (Wildman–Crippen MR) is 98.7 cm³/mol. The first-order valence-corrected chi connectivity index (χ1v) is 9.40. The van der Waals surface area contributed by atoms with E-state index < -0.39 is 0 Å². The Bertz CT molecular complexity index is 996. The molecule has 140 valence electrons. The van der Waals surface area contributed by atoms with Crippen molar-refractivity contribution in [1.82, 2.24) is 20.2 Å². The molecule has 4 rings (SSSR count). The second-order valence-electron chi connectivity index (χ2n) is 6.17. The number of amides is 2. The molecule has 0 spiro atoms.